The van der Waals surface area contributed by atoms with E-state index in [2.05, 4.69) is 79.7 Å². The molecule has 0 aliphatic rings. The molecule has 2 atom stereocenters. The summed E-state index contributed by atoms with van der Waals surface area (Å²) in [6.07, 6.45) is 20.0. The number of carbonyl (C=O) groups excluding carboxylic acids is 4. The van der Waals surface area contributed by atoms with Gasteiger partial charge < -0.3 is 9.59 Å². The van der Waals surface area contributed by atoms with Crippen molar-refractivity contribution < 1.29 is 19.2 Å². The van der Waals surface area contributed by atoms with Gasteiger partial charge in [-0.25, -0.2) is 0 Å². The number of Topliss-reactive ketones (excluding diaryl/α,β-unsaturated/α-hetero) is 2. The molecule has 0 aromatic rings. The molecular weight excluding hydrogens is 592 g/mol. The molecule has 280 valence electrons. The molecule has 0 N–H and O–H groups in total. The van der Waals surface area contributed by atoms with Gasteiger partial charge in [0, 0.05) is 28.6 Å². The molecule has 0 bridgehead atoms. The van der Waals surface area contributed by atoms with Crippen molar-refractivity contribution in [2.75, 3.05) is 0 Å². The van der Waals surface area contributed by atoms with Crippen molar-refractivity contribution in [3.8, 4) is 0 Å². The zero-order chi connectivity index (χ0) is 38.7. The lowest BCUT2D eigenvalue weighted by Crippen LogP contribution is -2.22. The van der Waals surface area contributed by atoms with Crippen LogP contribution in [-0.2, 0) is 19.2 Å². The number of carbonyl (C=O) groups is 4. The first kappa shape index (κ1) is 52.5. The van der Waals surface area contributed by atoms with Crippen molar-refractivity contribution in [3.05, 3.63) is 46.6 Å². The van der Waals surface area contributed by atoms with Crippen LogP contribution in [0.2, 0.25) is 0 Å². The van der Waals surface area contributed by atoms with Gasteiger partial charge >= 0.3 is 0 Å². The Bertz CT molecular complexity index is 1000. The summed E-state index contributed by atoms with van der Waals surface area (Å²) in [6, 6.07) is 0. The molecule has 0 amide bonds. The smallest absolute Gasteiger partial charge is 0.138 e. The summed E-state index contributed by atoms with van der Waals surface area (Å²) in [5.74, 6) is 1.68. The topological polar surface area (TPSA) is 68.3 Å². The van der Waals surface area contributed by atoms with Gasteiger partial charge in [0.2, 0.25) is 0 Å². The zero-order valence-electron chi connectivity index (χ0n) is 35.1. The third-order valence-corrected chi connectivity index (χ3v) is 8.16. The lowest BCUT2D eigenvalue weighted by atomic mass is 9.79. The second-order valence-electron chi connectivity index (χ2n) is 16.4. The largest absolute Gasteiger partial charge is 0.303 e. The Morgan fingerprint density at radius 1 is 0.542 bits per heavy atom. The molecule has 0 saturated carbocycles. The number of aldehydes is 2. The minimum Gasteiger partial charge on any atom is -0.303 e. The molecule has 0 saturated heterocycles. The van der Waals surface area contributed by atoms with Crippen LogP contribution in [0.25, 0.3) is 0 Å². The molecule has 0 aliphatic carbocycles. The minimum absolute atomic E-state index is 0.139. The Kier molecular flexibility index (Phi) is 32.3. The lowest BCUT2D eigenvalue weighted by Gasteiger charge is -2.25. The van der Waals surface area contributed by atoms with Gasteiger partial charge in [0.05, 0.1) is 0 Å². The number of rotatable bonds is 17. The predicted octanol–water partition coefficient (Wildman–Crippen LogP) is 13.1. The van der Waals surface area contributed by atoms with E-state index >= 15 is 0 Å². The fourth-order valence-electron chi connectivity index (χ4n) is 3.74. The van der Waals surface area contributed by atoms with E-state index in [9.17, 15) is 19.2 Å². The first-order chi connectivity index (χ1) is 21.8. The fraction of sp³-hybridized carbons (Fsp3) is 0.727. The Hall–Kier alpha value is -2.36. The first-order valence-corrected chi connectivity index (χ1v) is 18.4. The van der Waals surface area contributed by atoms with Crippen LogP contribution < -0.4 is 0 Å². The molecule has 0 fully saturated rings. The molecule has 0 aromatic heterocycles. The Balaban J connectivity index is -0.000000302. The average Bonchev–Trinajstić information content (AvgIpc) is 2.96. The molecule has 0 heterocycles. The SMILES string of the molecule is CC(=O)C(C)C.CC(C)(C)C=O.CC(C)=CCC/C(C)=C/CCC(C)C(=O)C(C)C.CC(C)=CCC/C(C)=C/CCC(C)C(C)(C)C=O. The predicted molar refractivity (Wildman–Crippen MR) is 212 cm³/mol. The molecule has 4 nitrogen and oxygen atoms in total. The van der Waals surface area contributed by atoms with E-state index in [1.165, 1.54) is 22.3 Å². The van der Waals surface area contributed by atoms with E-state index < -0.39 is 0 Å². The van der Waals surface area contributed by atoms with Crippen LogP contribution in [0.3, 0.4) is 0 Å². The fourth-order valence-corrected chi connectivity index (χ4v) is 3.74. The molecule has 48 heavy (non-hydrogen) atoms. The maximum absolute atomic E-state index is 11.7. The molecule has 4 heteroatoms. The van der Waals surface area contributed by atoms with Crippen LogP contribution in [0, 0.1) is 34.5 Å². The van der Waals surface area contributed by atoms with Crippen molar-refractivity contribution in [3.63, 3.8) is 0 Å². The number of ketones is 2. The second kappa shape index (κ2) is 29.5. The minimum atomic E-state index is -0.191. The molecule has 0 aliphatic heterocycles. The monoisotopic (exact) mass is 673 g/mol. The number of allylic oxidation sites excluding steroid dienone is 8. The molecular formula is C44H80O4. The lowest BCUT2D eigenvalue weighted by molar-refractivity contribution is -0.125. The Morgan fingerprint density at radius 2 is 0.896 bits per heavy atom. The van der Waals surface area contributed by atoms with Gasteiger partial charge in [0.15, 0.2) is 0 Å². The summed E-state index contributed by atoms with van der Waals surface area (Å²) in [4.78, 5) is 42.7. The van der Waals surface area contributed by atoms with Crippen LogP contribution in [0.1, 0.15) is 176 Å². The van der Waals surface area contributed by atoms with Crippen LogP contribution >= 0.6 is 0 Å². The quantitative estimate of drug-likeness (QED) is 0.114. The zero-order valence-corrected chi connectivity index (χ0v) is 35.1. The van der Waals surface area contributed by atoms with Crippen LogP contribution in [0.5, 0.6) is 0 Å². The maximum atomic E-state index is 11.7. The molecule has 0 radical (unpaired) electrons. The van der Waals surface area contributed by atoms with Crippen molar-refractivity contribution in [1.82, 2.24) is 0 Å². The van der Waals surface area contributed by atoms with Crippen molar-refractivity contribution >= 4 is 24.1 Å². The summed E-state index contributed by atoms with van der Waals surface area (Å²) in [7, 11) is 0. The van der Waals surface area contributed by atoms with Gasteiger partial charge in [-0.05, 0) is 106 Å². The highest BCUT2D eigenvalue weighted by atomic mass is 16.1. The molecule has 2 unspecified atom stereocenters. The third kappa shape index (κ3) is 38.1. The standard InChI is InChI=1S/2C17H30O.2C5H10O/c1-14(2)9-7-10-15(3)11-8-12-16(4)17(5,6)13-18;1-13(2)9-7-10-15(5)11-8-12-16(6)17(18)14(3)4;1-5(2,3)4-6;1-4(2)5(3)6/h9,11,13,16H,7-8,10,12H2,1-6H3;9,11,14,16H,7-8,10,12H2,1-6H3;2*4H,1-3H3/b2*15-11+;;. The third-order valence-electron chi connectivity index (χ3n) is 8.16. The molecule has 0 spiro atoms. The van der Waals surface area contributed by atoms with Gasteiger partial charge in [0.1, 0.15) is 24.1 Å². The highest BCUT2D eigenvalue weighted by Crippen LogP contribution is 2.28. The van der Waals surface area contributed by atoms with E-state index in [1.54, 1.807) is 6.92 Å². The molecule has 0 aromatic carbocycles. The summed E-state index contributed by atoms with van der Waals surface area (Å²) >= 11 is 0. The summed E-state index contributed by atoms with van der Waals surface area (Å²) in [5.41, 5.74) is 5.35. The van der Waals surface area contributed by atoms with Crippen molar-refractivity contribution in [2.24, 2.45) is 34.5 Å². The maximum Gasteiger partial charge on any atom is 0.138 e. The Labute approximate surface area is 299 Å². The van der Waals surface area contributed by atoms with Gasteiger partial charge in [-0.3, -0.25) is 9.59 Å². The normalized spacial score (nSPS) is 13.0. The highest BCUT2D eigenvalue weighted by Gasteiger charge is 2.24. The van der Waals surface area contributed by atoms with Gasteiger partial charge in [0.25, 0.3) is 0 Å². The van der Waals surface area contributed by atoms with Crippen LogP contribution in [0.15, 0.2) is 46.6 Å². The van der Waals surface area contributed by atoms with E-state index in [0.29, 0.717) is 11.7 Å². The first-order valence-electron chi connectivity index (χ1n) is 18.4. The second-order valence-corrected chi connectivity index (χ2v) is 16.4. The van der Waals surface area contributed by atoms with Gasteiger partial charge in [-0.15, -0.1) is 0 Å². The molecule has 0 rings (SSSR count). The van der Waals surface area contributed by atoms with Crippen LogP contribution in [-0.4, -0.2) is 24.1 Å². The van der Waals surface area contributed by atoms with E-state index in [4.69, 9.17) is 0 Å². The number of hydrogen-bond acceptors (Lipinski definition) is 4. The summed E-state index contributed by atoms with van der Waals surface area (Å²) in [5, 5.41) is 0. The Morgan fingerprint density at radius 3 is 1.17 bits per heavy atom. The van der Waals surface area contributed by atoms with Gasteiger partial charge in [-0.1, -0.05) is 123 Å². The van der Waals surface area contributed by atoms with Crippen LogP contribution in [0.4, 0.5) is 0 Å². The van der Waals surface area contributed by atoms with Crippen molar-refractivity contribution in [1.29, 1.82) is 0 Å². The van der Waals surface area contributed by atoms with E-state index in [-0.39, 0.29) is 34.4 Å². The summed E-state index contributed by atoms with van der Waals surface area (Å²) < 4.78 is 0. The van der Waals surface area contributed by atoms with E-state index in [0.717, 1.165) is 63.9 Å². The summed E-state index contributed by atoms with van der Waals surface area (Å²) in [6.45, 7) is 36.2. The highest BCUT2D eigenvalue weighted by molar-refractivity contribution is 5.82. The van der Waals surface area contributed by atoms with Crippen molar-refractivity contribution in [2.45, 2.75) is 176 Å². The average molecular weight is 673 g/mol. The number of hydrogen-bond donors (Lipinski definition) is 0. The van der Waals surface area contributed by atoms with Gasteiger partial charge in [-0.2, -0.15) is 0 Å². The van der Waals surface area contributed by atoms with E-state index in [1.807, 2.05) is 62.3 Å².